The maximum Gasteiger partial charge on any atom is 0.407 e. The van der Waals surface area contributed by atoms with E-state index in [0.717, 1.165) is 55.5 Å². The van der Waals surface area contributed by atoms with Crippen LogP contribution in [0, 0.1) is 23.5 Å². The first-order valence-corrected chi connectivity index (χ1v) is 17.9. The van der Waals surface area contributed by atoms with Crippen molar-refractivity contribution in [2.24, 2.45) is 11.8 Å². The van der Waals surface area contributed by atoms with Crippen LogP contribution in [0.1, 0.15) is 36.0 Å². The van der Waals surface area contributed by atoms with Crippen molar-refractivity contribution in [3.05, 3.63) is 71.1 Å². The summed E-state index contributed by atoms with van der Waals surface area (Å²) in [4.78, 5) is 47.0. The van der Waals surface area contributed by atoms with E-state index in [-0.39, 0.29) is 69.1 Å². The van der Waals surface area contributed by atoms with Crippen molar-refractivity contribution < 1.29 is 70.2 Å². The molecule has 2 aromatic carbocycles. The van der Waals surface area contributed by atoms with Gasteiger partial charge in [0.1, 0.15) is 0 Å². The standard InChI is InChI=1S/C36H39ClF4N8O5.HI/c1-49(20-21-7-13-47(19-21)36(52)53)15-8-22(9-16-49)33(50)43-10-2-11-44-34(51)24-4-3-23(17-26(24)37)46-31-32-45-18-27(48(32)14-12-42-31)25-5-6-28(54-35(40)41)30(39)29(25)38;/h3-6,12,14,17-18,21-22,35H,2,7-11,13,15-16,19-20H2,1H3,(H3-,42,43,44,46,50,51,52,53);1H. The Labute approximate surface area is 336 Å². The van der Waals surface area contributed by atoms with Crippen LogP contribution in [0.5, 0.6) is 5.75 Å². The SMILES string of the molecule is C[N+]1(CC2CCN(C(=O)O)C2)CCC(C(=O)NCCCNC(=O)c2ccc(Nc3nccn4c(-c5ccc(OC(F)F)c(F)c5F)cnc34)cc2Cl)CC1.[I-]. The first-order valence-electron chi connectivity index (χ1n) is 17.5. The number of alkyl halides is 2. The number of hydrogen-bond acceptors (Lipinski definition) is 7. The number of likely N-dealkylation sites (tertiary alicyclic amines) is 2. The van der Waals surface area contributed by atoms with Crippen molar-refractivity contribution >= 4 is 46.7 Å². The van der Waals surface area contributed by atoms with Gasteiger partial charge in [0.2, 0.25) is 11.7 Å². The lowest BCUT2D eigenvalue weighted by atomic mass is 9.93. The summed E-state index contributed by atoms with van der Waals surface area (Å²) in [7, 11) is 2.18. The Morgan fingerprint density at radius 1 is 1.05 bits per heavy atom. The minimum atomic E-state index is -3.32. The van der Waals surface area contributed by atoms with Crippen LogP contribution in [0.2, 0.25) is 5.02 Å². The number of piperidine rings is 1. The van der Waals surface area contributed by atoms with Crippen molar-refractivity contribution in [1.82, 2.24) is 29.9 Å². The number of halogens is 6. The molecule has 19 heteroatoms. The van der Waals surface area contributed by atoms with Crippen LogP contribution in [0.25, 0.3) is 16.9 Å². The zero-order chi connectivity index (χ0) is 38.6. The van der Waals surface area contributed by atoms with E-state index in [1.54, 1.807) is 6.07 Å². The molecule has 55 heavy (non-hydrogen) atoms. The molecule has 296 valence electrons. The second kappa shape index (κ2) is 18.0. The number of rotatable bonds is 13. The topological polar surface area (TPSA) is 150 Å². The molecule has 0 spiro atoms. The van der Waals surface area contributed by atoms with Gasteiger partial charge in [-0.05, 0) is 43.2 Å². The first kappa shape index (κ1) is 41.7. The first-order chi connectivity index (χ1) is 25.8. The van der Waals surface area contributed by atoms with Gasteiger partial charge in [-0.3, -0.25) is 14.0 Å². The predicted octanol–water partition coefficient (Wildman–Crippen LogP) is 2.77. The lowest BCUT2D eigenvalue weighted by Gasteiger charge is -2.41. The summed E-state index contributed by atoms with van der Waals surface area (Å²) < 4.78 is 60.7. The van der Waals surface area contributed by atoms with Crippen molar-refractivity contribution in [1.29, 1.82) is 0 Å². The molecule has 4 N–H and O–H groups in total. The Kier molecular flexibility index (Phi) is 13.7. The lowest BCUT2D eigenvalue weighted by Crippen LogP contribution is -3.00. The van der Waals surface area contributed by atoms with Gasteiger partial charge in [0, 0.05) is 74.5 Å². The molecule has 2 aliphatic rings. The fraction of sp³-hybridized carbons (Fsp3) is 0.417. The molecule has 3 amide bonds. The highest BCUT2D eigenvalue weighted by Crippen LogP contribution is 2.33. The highest BCUT2D eigenvalue weighted by molar-refractivity contribution is 6.34. The van der Waals surface area contributed by atoms with Crippen molar-refractivity contribution in [2.75, 3.05) is 58.2 Å². The van der Waals surface area contributed by atoms with Crippen molar-refractivity contribution in [3.63, 3.8) is 0 Å². The number of amides is 3. The number of hydrogen-bond donors (Lipinski definition) is 4. The molecule has 4 aromatic rings. The minimum absolute atomic E-state index is 0. The number of aromatic nitrogens is 3. The lowest BCUT2D eigenvalue weighted by molar-refractivity contribution is -0.917. The van der Waals surface area contributed by atoms with E-state index in [2.05, 4.69) is 37.7 Å². The number of carbonyl (C=O) groups excluding carboxylic acids is 2. The largest absolute Gasteiger partial charge is 1.00 e. The number of nitrogens with zero attached hydrogens (tertiary/aromatic N) is 5. The van der Waals surface area contributed by atoms with E-state index in [0.29, 0.717) is 44.2 Å². The number of quaternary nitrogens is 1. The second-order valence-corrected chi connectivity index (χ2v) is 14.3. The molecule has 1 unspecified atom stereocenters. The number of carbonyl (C=O) groups is 3. The van der Waals surface area contributed by atoms with Crippen LogP contribution in [0.3, 0.4) is 0 Å². The molecular formula is C36H40ClF4IN8O5. The average molecular weight is 903 g/mol. The maximum absolute atomic E-state index is 14.9. The number of fused-ring (bicyclic) bond motifs is 1. The summed E-state index contributed by atoms with van der Waals surface area (Å²) in [5, 5.41) is 18.2. The summed E-state index contributed by atoms with van der Waals surface area (Å²) in [5.74, 6) is -3.76. The Balaban J connectivity index is 0.00000580. The van der Waals surface area contributed by atoms with E-state index >= 15 is 0 Å². The number of anilines is 2. The van der Waals surface area contributed by atoms with Crippen LogP contribution < -0.4 is 44.7 Å². The summed E-state index contributed by atoms with van der Waals surface area (Å²) in [5.41, 5.74) is 0.820. The van der Waals surface area contributed by atoms with Crippen molar-refractivity contribution in [3.8, 4) is 17.0 Å². The third-order valence-electron chi connectivity index (χ3n) is 10.0. The van der Waals surface area contributed by atoms with Gasteiger partial charge in [0.25, 0.3) is 5.91 Å². The fourth-order valence-corrected chi connectivity index (χ4v) is 7.46. The van der Waals surface area contributed by atoms with Crippen LogP contribution in [0.4, 0.5) is 33.9 Å². The molecule has 0 bridgehead atoms. The van der Waals surface area contributed by atoms with Gasteiger partial charge in [-0.25, -0.2) is 19.2 Å². The van der Waals surface area contributed by atoms with Gasteiger partial charge in [-0.1, -0.05) is 11.6 Å². The van der Waals surface area contributed by atoms with Gasteiger partial charge < -0.3 is 59.2 Å². The highest BCUT2D eigenvalue weighted by Gasteiger charge is 2.37. The molecule has 0 aliphatic carbocycles. The van der Waals surface area contributed by atoms with E-state index in [4.69, 9.17) is 11.6 Å². The predicted molar refractivity (Wildman–Crippen MR) is 191 cm³/mol. The molecule has 2 aliphatic heterocycles. The van der Waals surface area contributed by atoms with Gasteiger partial charge in [0.05, 0.1) is 49.2 Å². The zero-order valence-corrected chi connectivity index (χ0v) is 32.6. The Bertz CT molecular complexity index is 2030. The normalized spacial score (nSPS) is 19.6. The molecule has 2 aromatic heterocycles. The molecule has 4 heterocycles. The van der Waals surface area contributed by atoms with Crippen LogP contribution in [0.15, 0.2) is 48.9 Å². The highest BCUT2D eigenvalue weighted by atomic mass is 127. The molecular weight excluding hydrogens is 863 g/mol. The quantitative estimate of drug-likeness (QED) is 0.0694. The fourth-order valence-electron chi connectivity index (χ4n) is 7.19. The Morgan fingerprint density at radius 3 is 2.49 bits per heavy atom. The summed E-state index contributed by atoms with van der Waals surface area (Å²) >= 11 is 6.46. The smallest absolute Gasteiger partial charge is 0.407 e. The van der Waals surface area contributed by atoms with E-state index in [9.17, 15) is 37.1 Å². The minimum Gasteiger partial charge on any atom is -1.00 e. The van der Waals surface area contributed by atoms with Crippen molar-refractivity contribution in [2.45, 2.75) is 32.3 Å². The second-order valence-electron chi connectivity index (χ2n) is 13.9. The molecule has 13 nitrogen and oxygen atoms in total. The molecule has 0 saturated carbocycles. The molecule has 1 atom stereocenters. The third-order valence-corrected chi connectivity index (χ3v) is 10.4. The number of ether oxygens (including phenoxy) is 1. The molecule has 2 saturated heterocycles. The molecule has 0 radical (unpaired) electrons. The Hall–Kier alpha value is -4.43. The van der Waals surface area contributed by atoms with Gasteiger partial charge in [-0.15, -0.1) is 0 Å². The molecule has 6 rings (SSSR count). The van der Waals surface area contributed by atoms with E-state index in [1.165, 1.54) is 40.0 Å². The number of nitrogens with one attached hydrogen (secondary N) is 3. The van der Waals surface area contributed by atoms with E-state index in [1.807, 2.05) is 0 Å². The average Bonchev–Trinajstić information content (AvgIpc) is 3.78. The molecule has 2 fully saturated rings. The third kappa shape index (κ3) is 9.88. The summed E-state index contributed by atoms with van der Waals surface area (Å²) in [6, 6.07) is 6.68. The van der Waals surface area contributed by atoms with Crippen LogP contribution in [-0.2, 0) is 4.79 Å². The maximum atomic E-state index is 14.9. The number of carboxylic acid groups (broad SMARTS) is 1. The monoisotopic (exact) mass is 902 g/mol. The van der Waals surface area contributed by atoms with Gasteiger partial charge in [-0.2, -0.15) is 13.2 Å². The van der Waals surface area contributed by atoms with Gasteiger partial charge >= 0.3 is 12.7 Å². The summed E-state index contributed by atoms with van der Waals surface area (Å²) in [6.07, 6.45) is 6.22. The number of benzene rings is 2. The van der Waals surface area contributed by atoms with E-state index < -0.39 is 36.0 Å². The zero-order valence-electron chi connectivity index (χ0n) is 29.7. The Morgan fingerprint density at radius 2 is 1.80 bits per heavy atom. The number of imidazole rings is 1. The summed E-state index contributed by atoms with van der Waals surface area (Å²) in [6.45, 7) is 1.20. The van der Waals surface area contributed by atoms with Gasteiger partial charge in [0.15, 0.2) is 23.0 Å². The van der Waals surface area contributed by atoms with Crippen LogP contribution in [-0.4, -0.2) is 106 Å². The van der Waals surface area contributed by atoms with Crippen LogP contribution >= 0.6 is 11.6 Å².